The van der Waals surface area contributed by atoms with Crippen molar-refractivity contribution in [3.63, 3.8) is 0 Å². The largest absolute Gasteiger partial charge is 0.504 e. The molecule has 0 aromatic heterocycles. The standard InChI is InChI=1S/C10H11F3O2/c1-6(2)15-9-5-7(10(11,12)13)3-4-8(9)14/h3-6,14H,1-2H3. The van der Waals surface area contributed by atoms with Crippen molar-refractivity contribution in [2.24, 2.45) is 0 Å². The van der Waals surface area contributed by atoms with E-state index in [0.717, 1.165) is 18.2 Å². The van der Waals surface area contributed by atoms with E-state index in [9.17, 15) is 18.3 Å². The fraction of sp³-hybridized carbons (Fsp3) is 0.400. The molecule has 0 saturated heterocycles. The lowest BCUT2D eigenvalue weighted by Crippen LogP contribution is -2.08. The van der Waals surface area contributed by atoms with Gasteiger partial charge in [-0.05, 0) is 32.0 Å². The molecular formula is C10H11F3O2. The lowest BCUT2D eigenvalue weighted by molar-refractivity contribution is -0.137. The van der Waals surface area contributed by atoms with Crippen LogP contribution in [0.15, 0.2) is 18.2 Å². The van der Waals surface area contributed by atoms with Crippen LogP contribution in [0.3, 0.4) is 0 Å². The fourth-order valence-corrected chi connectivity index (χ4v) is 1.04. The molecule has 0 aliphatic carbocycles. The molecule has 0 radical (unpaired) electrons. The Morgan fingerprint density at radius 3 is 2.33 bits per heavy atom. The second-order valence-corrected chi connectivity index (χ2v) is 3.35. The molecule has 0 atom stereocenters. The van der Waals surface area contributed by atoms with Crippen molar-refractivity contribution in [1.82, 2.24) is 0 Å². The van der Waals surface area contributed by atoms with Crippen LogP contribution in [-0.2, 0) is 6.18 Å². The van der Waals surface area contributed by atoms with Crippen LogP contribution in [0.1, 0.15) is 19.4 Å². The van der Waals surface area contributed by atoms with Gasteiger partial charge in [0.25, 0.3) is 0 Å². The molecule has 15 heavy (non-hydrogen) atoms. The summed E-state index contributed by atoms with van der Waals surface area (Å²) in [4.78, 5) is 0. The minimum absolute atomic E-state index is 0.153. The van der Waals surface area contributed by atoms with Crippen LogP contribution in [0.25, 0.3) is 0 Å². The van der Waals surface area contributed by atoms with Crippen molar-refractivity contribution < 1.29 is 23.0 Å². The fourth-order valence-electron chi connectivity index (χ4n) is 1.04. The van der Waals surface area contributed by atoms with Crippen LogP contribution >= 0.6 is 0 Å². The maximum absolute atomic E-state index is 12.3. The average Bonchev–Trinajstić information content (AvgIpc) is 2.06. The normalized spacial score (nSPS) is 11.9. The van der Waals surface area contributed by atoms with E-state index in [4.69, 9.17) is 4.74 Å². The van der Waals surface area contributed by atoms with Gasteiger partial charge >= 0.3 is 6.18 Å². The molecule has 2 nitrogen and oxygen atoms in total. The highest BCUT2D eigenvalue weighted by molar-refractivity contribution is 5.42. The number of alkyl halides is 3. The molecule has 1 aromatic rings. The molecule has 0 heterocycles. The summed E-state index contributed by atoms with van der Waals surface area (Å²) in [5.41, 5.74) is -0.837. The summed E-state index contributed by atoms with van der Waals surface area (Å²) < 4.78 is 41.9. The Balaban J connectivity index is 3.06. The number of ether oxygens (including phenoxy) is 1. The molecule has 1 rings (SSSR count). The van der Waals surface area contributed by atoms with Gasteiger partial charge in [0, 0.05) is 0 Å². The summed E-state index contributed by atoms with van der Waals surface area (Å²) in [7, 11) is 0. The number of benzene rings is 1. The third kappa shape index (κ3) is 3.04. The number of phenols is 1. The Kier molecular flexibility index (Phi) is 3.12. The SMILES string of the molecule is CC(C)Oc1cc(C(F)(F)F)ccc1O. The van der Waals surface area contributed by atoms with Crippen LogP contribution in [0.2, 0.25) is 0 Å². The zero-order chi connectivity index (χ0) is 11.6. The predicted octanol–water partition coefficient (Wildman–Crippen LogP) is 3.20. The van der Waals surface area contributed by atoms with Gasteiger partial charge in [-0.3, -0.25) is 0 Å². The van der Waals surface area contributed by atoms with Crippen LogP contribution in [0.5, 0.6) is 11.5 Å². The van der Waals surface area contributed by atoms with Crippen LogP contribution in [0, 0.1) is 0 Å². The van der Waals surface area contributed by atoms with Gasteiger partial charge in [0.15, 0.2) is 11.5 Å². The highest BCUT2D eigenvalue weighted by Crippen LogP contribution is 2.35. The van der Waals surface area contributed by atoms with Gasteiger partial charge in [-0.25, -0.2) is 0 Å². The van der Waals surface area contributed by atoms with Crippen LogP contribution in [0.4, 0.5) is 13.2 Å². The first-order valence-corrected chi connectivity index (χ1v) is 4.37. The number of phenolic OH excluding ortho intramolecular Hbond substituents is 1. The highest BCUT2D eigenvalue weighted by Gasteiger charge is 2.31. The quantitative estimate of drug-likeness (QED) is 0.829. The molecule has 5 heteroatoms. The molecular weight excluding hydrogens is 209 g/mol. The van der Waals surface area contributed by atoms with Gasteiger partial charge in [0.05, 0.1) is 11.7 Å². The molecule has 1 N–H and O–H groups in total. The van der Waals surface area contributed by atoms with Crippen LogP contribution < -0.4 is 4.74 Å². The highest BCUT2D eigenvalue weighted by atomic mass is 19.4. The lowest BCUT2D eigenvalue weighted by Gasteiger charge is -2.13. The number of aromatic hydroxyl groups is 1. The third-order valence-electron chi connectivity index (χ3n) is 1.65. The Bertz CT molecular complexity index is 345. The van der Waals surface area contributed by atoms with Crippen molar-refractivity contribution >= 4 is 0 Å². The number of rotatable bonds is 2. The molecule has 0 unspecified atom stereocenters. The predicted molar refractivity (Wildman–Crippen MR) is 48.9 cm³/mol. The minimum atomic E-state index is -4.43. The molecule has 0 amide bonds. The summed E-state index contributed by atoms with van der Waals surface area (Å²) >= 11 is 0. The maximum atomic E-state index is 12.3. The van der Waals surface area contributed by atoms with Crippen molar-refractivity contribution in [3.05, 3.63) is 23.8 Å². The first-order chi connectivity index (χ1) is 6.80. The molecule has 0 saturated carbocycles. The summed E-state index contributed by atoms with van der Waals surface area (Å²) in [5.74, 6) is -0.448. The Morgan fingerprint density at radius 1 is 1.27 bits per heavy atom. The smallest absolute Gasteiger partial charge is 0.416 e. The summed E-state index contributed by atoms with van der Waals surface area (Å²) in [6.07, 6.45) is -4.72. The van der Waals surface area contributed by atoms with Crippen LogP contribution in [-0.4, -0.2) is 11.2 Å². The van der Waals surface area contributed by atoms with Gasteiger partial charge in [-0.2, -0.15) is 13.2 Å². The van der Waals surface area contributed by atoms with E-state index < -0.39 is 11.7 Å². The molecule has 0 bridgehead atoms. The monoisotopic (exact) mass is 220 g/mol. The van der Waals surface area contributed by atoms with E-state index >= 15 is 0 Å². The van der Waals surface area contributed by atoms with E-state index in [1.807, 2.05) is 0 Å². The first-order valence-electron chi connectivity index (χ1n) is 4.37. The van der Waals surface area contributed by atoms with Crippen molar-refractivity contribution in [1.29, 1.82) is 0 Å². The second-order valence-electron chi connectivity index (χ2n) is 3.35. The Morgan fingerprint density at radius 2 is 1.87 bits per heavy atom. The summed E-state index contributed by atoms with van der Waals surface area (Å²) in [6, 6.07) is 2.57. The van der Waals surface area contributed by atoms with Gasteiger partial charge in [0.1, 0.15) is 0 Å². The van der Waals surface area contributed by atoms with Crippen molar-refractivity contribution in [2.45, 2.75) is 26.1 Å². The average molecular weight is 220 g/mol. The summed E-state index contributed by atoms with van der Waals surface area (Å²) in [5, 5.41) is 9.26. The molecule has 84 valence electrons. The van der Waals surface area contributed by atoms with E-state index in [2.05, 4.69) is 0 Å². The Labute approximate surface area is 85.3 Å². The van der Waals surface area contributed by atoms with Gasteiger partial charge in [0.2, 0.25) is 0 Å². The Hall–Kier alpha value is -1.39. The van der Waals surface area contributed by atoms with E-state index in [0.29, 0.717) is 0 Å². The zero-order valence-corrected chi connectivity index (χ0v) is 8.30. The first kappa shape index (κ1) is 11.7. The summed E-state index contributed by atoms with van der Waals surface area (Å²) in [6.45, 7) is 3.33. The van der Waals surface area contributed by atoms with Crippen molar-refractivity contribution in [3.8, 4) is 11.5 Å². The van der Waals surface area contributed by atoms with E-state index in [-0.39, 0.29) is 17.6 Å². The molecule has 0 fully saturated rings. The van der Waals surface area contributed by atoms with Gasteiger partial charge in [-0.1, -0.05) is 0 Å². The zero-order valence-electron chi connectivity index (χ0n) is 8.30. The molecule has 0 aliphatic heterocycles. The van der Waals surface area contributed by atoms with Crippen molar-refractivity contribution in [2.75, 3.05) is 0 Å². The third-order valence-corrected chi connectivity index (χ3v) is 1.65. The number of hydrogen-bond acceptors (Lipinski definition) is 2. The topological polar surface area (TPSA) is 29.5 Å². The molecule has 0 aliphatic rings. The number of hydrogen-bond donors (Lipinski definition) is 1. The molecule has 1 aromatic carbocycles. The lowest BCUT2D eigenvalue weighted by atomic mass is 10.2. The van der Waals surface area contributed by atoms with E-state index in [1.165, 1.54) is 0 Å². The van der Waals surface area contributed by atoms with E-state index in [1.54, 1.807) is 13.8 Å². The van der Waals surface area contributed by atoms with Gasteiger partial charge < -0.3 is 9.84 Å². The molecule has 0 spiro atoms. The minimum Gasteiger partial charge on any atom is -0.504 e. The van der Waals surface area contributed by atoms with Gasteiger partial charge in [-0.15, -0.1) is 0 Å². The second kappa shape index (κ2) is 4.00. The maximum Gasteiger partial charge on any atom is 0.416 e. The number of halogens is 3.